The number of aliphatic hydroxyl groups is 1. The summed E-state index contributed by atoms with van der Waals surface area (Å²) >= 11 is 1.02. The molecule has 0 spiro atoms. The lowest BCUT2D eigenvalue weighted by atomic mass is 9.98. The van der Waals surface area contributed by atoms with Crippen molar-refractivity contribution in [3.63, 3.8) is 0 Å². The van der Waals surface area contributed by atoms with Gasteiger partial charge in [-0.3, -0.25) is 4.79 Å². The van der Waals surface area contributed by atoms with Gasteiger partial charge in [0.25, 0.3) is 0 Å². The van der Waals surface area contributed by atoms with Crippen molar-refractivity contribution >= 4 is 16.9 Å². The van der Waals surface area contributed by atoms with Gasteiger partial charge in [0.15, 0.2) is 6.29 Å². The second-order valence-electron chi connectivity index (χ2n) is 8.74. The van der Waals surface area contributed by atoms with Crippen molar-refractivity contribution in [3.05, 3.63) is 107 Å². The Hall–Kier alpha value is -2.52. The zero-order valence-corrected chi connectivity index (χ0v) is 20.2. The molecule has 1 N–H and O–H groups in total. The lowest BCUT2D eigenvalue weighted by molar-refractivity contribution is -0.322. The summed E-state index contributed by atoms with van der Waals surface area (Å²) in [6.07, 6.45) is -3.56. The molecule has 6 nitrogen and oxygen atoms in total. The van der Waals surface area contributed by atoms with E-state index in [-0.39, 0.29) is 18.3 Å². The van der Waals surface area contributed by atoms with Crippen molar-refractivity contribution in [1.29, 1.82) is 0 Å². The Morgan fingerprint density at radius 2 is 1.66 bits per heavy atom. The number of aliphatic hydroxyl groups excluding tert-OH is 1. The van der Waals surface area contributed by atoms with Crippen LogP contribution in [-0.4, -0.2) is 46.7 Å². The molecule has 2 fully saturated rings. The highest BCUT2D eigenvalue weighted by Crippen LogP contribution is 2.39. The van der Waals surface area contributed by atoms with Crippen molar-refractivity contribution in [1.82, 2.24) is 0 Å². The minimum Gasteiger partial charge on any atom is -0.387 e. The Kier molecular flexibility index (Phi) is 7.63. The molecule has 0 aliphatic carbocycles. The van der Waals surface area contributed by atoms with Crippen LogP contribution in [0.15, 0.2) is 84.9 Å². The minimum atomic E-state index is -1.00. The van der Waals surface area contributed by atoms with E-state index in [1.807, 2.05) is 79.7 Å². The lowest BCUT2D eigenvalue weighted by Crippen LogP contribution is -2.61. The second kappa shape index (κ2) is 11.0. The molecular weight excluding hydrogens is 464 g/mol. The van der Waals surface area contributed by atoms with Crippen molar-refractivity contribution in [2.45, 2.75) is 49.7 Å². The minimum absolute atomic E-state index is 0.145. The van der Waals surface area contributed by atoms with Gasteiger partial charge in [0.05, 0.1) is 13.2 Å². The van der Waals surface area contributed by atoms with Gasteiger partial charge in [-0.1, -0.05) is 90.5 Å². The molecule has 6 atom stereocenters. The third-order valence-electron chi connectivity index (χ3n) is 6.18. The molecule has 2 heterocycles. The zero-order chi connectivity index (χ0) is 24.2. The van der Waals surface area contributed by atoms with Gasteiger partial charge in [-0.2, -0.15) is 0 Å². The predicted molar refractivity (Wildman–Crippen MR) is 133 cm³/mol. The number of aryl methyl sites for hydroxylation is 1. The molecule has 5 rings (SSSR count). The highest BCUT2D eigenvalue weighted by atomic mass is 32.2. The van der Waals surface area contributed by atoms with Gasteiger partial charge in [0.2, 0.25) is 5.12 Å². The van der Waals surface area contributed by atoms with Crippen LogP contribution >= 0.6 is 11.8 Å². The van der Waals surface area contributed by atoms with E-state index in [0.717, 1.165) is 28.5 Å². The lowest BCUT2D eigenvalue weighted by Gasteiger charge is -2.47. The quantitative estimate of drug-likeness (QED) is 0.537. The van der Waals surface area contributed by atoms with Gasteiger partial charge in [-0.25, -0.2) is 0 Å². The summed E-state index contributed by atoms with van der Waals surface area (Å²) < 4.78 is 24.5. The summed E-state index contributed by atoms with van der Waals surface area (Å²) in [6, 6.07) is 26.7. The molecule has 3 aromatic rings. The van der Waals surface area contributed by atoms with E-state index in [4.69, 9.17) is 18.9 Å². The number of rotatable bonds is 6. The maximum absolute atomic E-state index is 13.0. The van der Waals surface area contributed by atoms with E-state index >= 15 is 0 Å². The molecule has 2 saturated heterocycles. The van der Waals surface area contributed by atoms with Crippen LogP contribution in [0, 0.1) is 6.92 Å². The number of fused-ring (bicyclic) bond motifs is 1. The van der Waals surface area contributed by atoms with Crippen LogP contribution in [0.4, 0.5) is 0 Å². The molecule has 0 bridgehead atoms. The normalized spacial score (nSPS) is 28.3. The number of hydrogen-bond donors (Lipinski definition) is 1. The first-order chi connectivity index (χ1) is 17.1. The third kappa shape index (κ3) is 5.67. The summed E-state index contributed by atoms with van der Waals surface area (Å²) in [5, 5.41) is 11.2. The Bertz CT molecular complexity index is 1110. The van der Waals surface area contributed by atoms with Crippen molar-refractivity contribution in [2.24, 2.45) is 0 Å². The highest BCUT2D eigenvalue weighted by Gasteiger charge is 2.50. The Labute approximate surface area is 209 Å². The number of carbonyl (C=O) groups excluding carboxylic acids is 1. The van der Waals surface area contributed by atoms with Crippen LogP contribution in [-0.2, 0) is 25.6 Å². The van der Waals surface area contributed by atoms with Crippen LogP contribution in [0.2, 0.25) is 0 Å². The topological polar surface area (TPSA) is 74.2 Å². The molecule has 35 heavy (non-hydrogen) atoms. The summed E-state index contributed by atoms with van der Waals surface area (Å²) in [5.41, 5.74) is 2.76. The van der Waals surface area contributed by atoms with Crippen LogP contribution < -0.4 is 0 Å². The Balaban J connectivity index is 1.34. The largest absolute Gasteiger partial charge is 0.387 e. The summed E-state index contributed by atoms with van der Waals surface area (Å²) in [5.74, 6) is 0. The van der Waals surface area contributed by atoms with Crippen LogP contribution in [0.1, 0.15) is 33.3 Å². The fourth-order valence-corrected chi connectivity index (χ4v) is 5.30. The maximum atomic E-state index is 13.0. The molecule has 0 aromatic heterocycles. The molecule has 3 aromatic carbocycles. The molecule has 7 heteroatoms. The fraction of sp³-hybridized carbons (Fsp3) is 0.321. The fourth-order valence-electron chi connectivity index (χ4n) is 4.25. The molecule has 1 unspecified atom stereocenters. The SMILES string of the molecule is Cc1ccc(C(=O)S[C@H]2O[C@@H]3COC(c4ccccc4)O[C@H]3[C@H](O)[C@@H]2OCc2ccccc2)cc1. The number of ether oxygens (including phenoxy) is 4. The number of carbonyl (C=O) groups is 1. The Morgan fingerprint density at radius 1 is 0.971 bits per heavy atom. The van der Waals surface area contributed by atoms with Gasteiger partial charge >= 0.3 is 0 Å². The van der Waals surface area contributed by atoms with E-state index in [1.54, 1.807) is 12.1 Å². The molecule has 0 amide bonds. The maximum Gasteiger partial charge on any atom is 0.221 e. The number of thioether (sulfide) groups is 1. The molecule has 0 radical (unpaired) electrons. The monoisotopic (exact) mass is 492 g/mol. The first kappa shape index (κ1) is 24.2. The van der Waals surface area contributed by atoms with Gasteiger partial charge in [0.1, 0.15) is 29.9 Å². The second-order valence-corrected chi connectivity index (χ2v) is 9.81. The average molecular weight is 493 g/mol. The summed E-state index contributed by atoms with van der Waals surface area (Å²) in [4.78, 5) is 13.0. The average Bonchev–Trinajstić information content (AvgIpc) is 2.90. The smallest absolute Gasteiger partial charge is 0.221 e. The summed E-state index contributed by atoms with van der Waals surface area (Å²) in [7, 11) is 0. The first-order valence-electron chi connectivity index (χ1n) is 11.7. The molecule has 2 aliphatic rings. The van der Waals surface area contributed by atoms with Gasteiger partial charge < -0.3 is 24.1 Å². The van der Waals surface area contributed by atoms with Gasteiger partial charge in [-0.05, 0) is 24.2 Å². The van der Waals surface area contributed by atoms with Crippen LogP contribution in [0.3, 0.4) is 0 Å². The standard InChI is InChI=1S/C28H28O6S/c1-18-12-14-20(15-13-18)26(30)35-28-25(31-16-19-8-4-2-5-9-19)23(29)24-22(33-28)17-32-27(34-24)21-10-6-3-7-11-21/h2-15,22-25,27-29H,16-17H2,1H3/t22-,23+,24-,25+,27?,28-/m1/s1. The zero-order valence-electron chi connectivity index (χ0n) is 19.4. The third-order valence-corrected chi connectivity index (χ3v) is 7.24. The molecule has 0 saturated carbocycles. The predicted octanol–water partition coefficient (Wildman–Crippen LogP) is 4.65. The van der Waals surface area contributed by atoms with Gasteiger partial charge in [-0.15, -0.1) is 0 Å². The van der Waals surface area contributed by atoms with Crippen LogP contribution in [0.5, 0.6) is 0 Å². The number of hydrogen-bond acceptors (Lipinski definition) is 7. The summed E-state index contributed by atoms with van der Waals surface area (Å²) in [6.45, 7) is 2.49. The van der Waals surface area contributed by atoms with Crippen LogP contribution in [0.25, 0.3) is 0 Å². The molecule has 182 valence electrons. The van der Waals surface area contributed by atoms with E-state index in [1.165, 1.54) is 0 Å². The highest BCUT2D eigenvalue weighted by molar-refractivity contribution is 8.14. The van der Waals surface area contributed by atoms with Gasteiger partial charge in [0, 0.05) is 11.1 Å². The van der Waals surface area contributed by atoms with E-state index in [2.05, 4.69) is 0 Å². The van der Waals surface area contributed by atoms with Crippen molar-refractivity contribution < 1.29 is 28.8 Å². The first-order valence-corrected chi connectivity index (χ1v) is 12.5. The number of benzene rings is 3. The van der Waals surface area contributed by atoms with Crippen molar-refractivity contribution in [3.8, 4) is 0 Å². The molecule has 2 aliphatic heterocycles. The van der Waals surface area contributed by atoms with E-state index < -0.39 is 36.1 Å². The molecular formula is C28H28O6S. The van der Waals surface area contributed by atoms with Crippen molar-refractivity contribution in [2.75, 3.05) is 6.61 Å². The van der Waals surface area contributed by atoms with E-state index in [0.29, 0.717) is 5.56 Å². The van der Waals surface area contributed by atoms with E-state index in [9.17, 15) is 9.90 Å². The Morgan fingerprint density at radius 3 is 2.37 bits per heavy atom.